The number of nitrogen functional groups attached to an aromatic ring is 1. The van der Waals surface area contributed by atoms with E-state index in [2.05, 4.69) is 11.1 Å². The number of halogens is 2. The van der Waals surface area contributed by atoms with E-state index >= 15 is 0 Å². The third-order valence-electron chi connectivity index (χ3n) is 3.64. The van der Waals surface area contributed by atoms with Gasteiger partial charge in [0.15, 0.2) is 5.65 Å². The maximum atomic E-state index is 6.21. The quantitative estimate of drug-likeness (QED) is 0.741. The molecule has 0 bridgehead atoms. The van der Waals surface area contributed by atoms with E-state index in [0.717, 1.165) is 24.3 Å². The molecule has 21 heavy (non-hydrogen) atoms. The van der Waals surface area contributed by atoms with E-state index in [4.69, 9.17) is 33.7 Å². The van der Waals surface area contributed by atoms with Crippen LogP contribution < -0.4 is 10.5 Å². The van der Waals surface area contributed by atoms with E-state index in [1.54, 1.807) is 16.7 Å². The minimum Gasteiger partial charge on any atom is -0.493 e. The molecule has 1 aromatic carbocycles. The number of pyridine rings is 1. The minimum atomic E-state index is 0.477. The highest BCUT2D eigenvalue weighted by atomic mass is 35.5. The molecule has 4 rings (SSSR count). The van der Waals surface area contributed by atoms with Crippen molar-refractivity contribution < 1.29 is 4.74 Å². The lowest BCUT2D eigenvalue weighted by molar-refractivity contribution is 0.357. The number of hydrogen-bond acceptors (Lipinski definition) is 3. The molecule has 6 heteroatoms. The number of aromatic nitrogens is 2. The molecular weight excluding hydrogens is 309 g/mol. The topological polar surface area (TPSA) is 52.5 Å². The Bertz CT molecular complexity index is 873. The summed E-state index contributed by atoms with van der Waals surface area (Å²) in [5, 5.41) is 0.996. The fourth-order valence-corrected chi connectivity index (χ4v) is 3.15. The predicted octanol–water partition coefficient (Wildman–Crippen LogP) is 3.83. The molecule has 2 aromatic heterocycles. The maximum absolute atomic E-state index is 6.21. The third-order valence-corrected chi connectivity index (χ3v) is 4.13. The first-order valence-electron chi connectivity index (χ1n) is 6.52. The Kier molecular flexibility index (Phi) is 2.77. The summed E-state index contributed by atoms with van der Waals surface area (Å²) >= 11 is 12.2. The van der Waals surface area contributed by atoms with Crippen LogP contribution in [0.5, 0.6) is 5.75 Å². The van der Waals surface area contributed by atoms with Gasteiger partial charge in [-0.05, 0) is 29.8 Å². The van der Waals surface area contributed by atoms with Crippen LogP contribution in [0.3, 0.4) is 0 Å². The van der Waals surface area contributed by atoms with Gasteiger partial charge in [0.1, 0.15) is 17.3 Å². The summed E-state index contributed by atoms with van der Waals surface area (Å²) in [6.45, 7) is 0.723. The molecule has 0 saturated heterocycles. The molecule has 3 aromatic rings. The van der Waals surface area contributed by atoms with E-state index in [1.165, 1.54) is 5.56 Å². The molecule has 1 aliphatic rings. The van der Waals surface area contributed by atoms with Gasteiger partial charge >= 0.3 is 0 Å². The molecule has 0 atom stereocenters. The first kappa shape index (κ1) is 12.8. The van der Waals surface area contributed by atoms with Gasteiger partial charge in [0.05, 0.1) is 16.7 Å². The van der Waals surface area contributed by atoms with Crippen molar-refractivity contribution in [1.82, 2.24) is 9.38 Å². The van der Waals surface area contributed by atoms with Crippen LogP contribution in [0.2, 0.25) is 10.0 Å². The zero-order valence-corrected chi connectivity index (χ0v) is 12.4. The van der Waals surface area contributed by atoms with Crippen LogP contribution >= 0.6 is 23.2 Å². The molecule has 0 fully saturated rings. The molecule has 0 unspecified atom stereocenters. The number of rotatable bonds is 1. The van der Waals surface area contributed by atoms with Gasteiger partial charge in [-0.15, -0.1) is 0 Å². The zero-order chi connectivity index (χ0) is 14.6. The van der Waals surface area contributed by atoms with Crippen LogP contribution in [0, 0.1) is 0 Å². The normalized spacial score (nSPS) is 13.4. The zero-order valence-electron chi connectivity index (χ0n) is 10.9. The summed E-state index contributed by atoms with van der Waals surface area (Å²) in [5.74, 6) is 1.45. The van der Waals surface area contributed by atoms with Crippen molar-refractivity contribution in [2.45, 2.75) is 6.42 Å². The van der Waals surface area contributed by atoms with Gasteiger partial charge in [0.25, 0.3) is 0 Å². The fourth-order valence-electron chi connectivity index (χ4n) is 2.64. The number of hydrogen-bond donors (Lipinski definition) is 1. The highest BCUT2D eigenvalue weighted by Gasteiger charge is 2.17. The Labute approximate surface area is 131 Å². The predicted molar refractivity (Wildman–Crippen MR) is 84.3 cm³/mol. The minimum absolute atomic E-state index is 0.477. The fraction of sp³-hybridized carbons (Fsp3) is 0.133. The molecule has 106 valence electrons. The summed E-state index contributed by atoms with van der Waals surface area (Å²) < 4.78 is 7.23. The second kappa shape index (κ2) is 4.55. The average molecular weight is 320 g/mol. The average Bonchev–Trinajstić information content (AvgIpc) is 3.04. The van der Waals surface area contributed by atoms with Crippen molar-refractivity contribution in [1.29, 1.82) is 0 Å². The molecular formula is C15H11Cl2N3O. The molecule has 2 N–H and O–H groups in total. The Morgan fingerprint density at radius 3 is 2.95 bits per heavy atom. The summed E-state index contributed by atoms with van der Waals surface area (Å²) in [4.78, 5) is 4.56. The summed E-state index contributed by atoms with van der Waals surface area (Å²) in [5.41, 5.74) is 9.64. The molecule has 3 heterocycles. The van der Waals surface area contributed by atoms with Crippen molar-refractivity contribution in [2.75, 3.05) is 12.3 Å². The lowest BCUT2D eigenvalue weighted by atomic mass is 10.1. The van der Waals surface area contributed by atoms with Gasteiger partial charge in [0.2, 0.25) is 0 Å². The number of imidazole rings is 1. The van der Waals surface area contributed by atoms with Crippen molar-refractivity contribution >= 4 is 34.7 Å². The van der Waals surface area contributed by atoms with E-state index in [-0.39, 0.29) is 0 Å². The van der Waals surface area contributed by atoms with Gasteiger partial charge in [0, 0.05) is 18.2 Å². The molecule has 0 aliphatic carbocycles. The molecule has 0 saturated carbocycles. The second-order valence-corrected chi connectivity index (χ2v) is 5.81. The Morgan fingerprint density at radius 1 is 1.24 bits per heavy atom. The Balaban J connectivity index is 1.94. The standard InChI is InChI=1S/C15H11Cl2N3O/c16-10-6-11(17)15-19-13(14(18)20(15)7-10)9-1-2-12-8(5-9)3-4-21-12/h1-2,5-7H,3-4,18H2. The third kappa shape index (κ3) is 1.94. The number of ether oxygens (including phenoxy) is 1. The summed E-state index contributed by atoms with van der Waals surface area (Å²) in [6, 6.07) is 7.63. The van der Waals surface area contributed by atoms with Crippen LogP contribution in [-0.2, 0) is 6.42 Å². The number of nitrogens with zero attached hydrogens (tertiary/aromatic N) is 2. The first-order chi connectivity index (χ1) is 10.1. The van der Waals surface area contributed by atoms with E-state index < -0.39 is 0 Å². The van der Waals surface area contributed by atoms with Crippen molar-refractivity contribution in [3.05, 3.63) is 46.1 Å². The molecule has 4 nitrogen and oxygen atoms in total. The van der Waals surface area contributed by atoms with Gasteiger partial charge < -0.3 is 10.5 Å². The smallest absolute Gasteiger partial charge is 0.158 e. The van der Waals surface area contributed by atoms with E-state index in [9.17, 15) is 0 Å². The van der Waals surface area contributed by atoms with Crippen LogP contribution in [0.25, 0.3) is 16.9 Å². The molecule has 0 spiro atoms. The molecule has 0 radical (unpaired) electrons. The van der Waals surface area contributed by atoms with Crippen molar-refractivity contribution in [2.24, 2.45) is 0 Å². The van der Waals surface area contributed by atoms with Crippen LogP contribution in [0.4, 0.5) is 5.82 Å². The monoisotopic (exact) mass is 319 g/mol. The maximum Gasteiger partial charge on any atom is 0.158 e. The number of anilines is 1. The lowest BCUT2D eigenvalue weighted by Crippen LogP contribution is -1.94. The highest BCUT2D eigenvalue weighted by molar-refractivity contribution is 6.36. The number of benzene rings is 1. The second-order valence-electron chi connectivity index (χ2n) is 4.97. The number of nitrogens with two attached hydrogens (primary N) is 1. The first-order valence-corrected chi connectivity index (χ1v) is 7.28. The summed E-state index contributed by atoms with van der Waals surface area (Å²) in [6.07, 6.45) is 2.62. The SMILES string of the molecule is Nc1c(-c2ccc3c(c2)CCO3)nc2c(Cl)cc(Cl)cn12. The Hall–Kier alpha value is -1.91. The van der Waals surface area contributed by atoms with Gasteiger partial charge in [-0.25, -0.2) is 4.98 Å². The molecule has 1 aliphatic heterocycles. The van der Waals surface area contributed by atoms with E-state index in [1.807, 2.05) is 12.1 Å². The van der Waals surface area contributed by atoms with Crippen molar-refractivity contribution in [3.63, 3.8) is 0 Å². The lowest BCUT2D eigenvalue weighted by Gasteiger charge is -2.03. The number of fused-ring (bicyclic) bond motifs is 2. The van der Waals surface area contributed by atoms with Crippen LogP contribution in [-0.4, -0.2) is 16.0 Å². The van der Waals surface area contributed by atoms with E-state index in [0.29, 0.717) is 27.2 Å². The summed E-state index contributed by atoms with van der Waals surface area (Å²) in [7, 11) is 0. The van der Waals surface area contributed by atoms with Crippen LogP contribution in [0.15, 0.2) is 30.5 Å². The van der Waals surface area contributed by atoms with Gasteiger partial charge in [-0.3, -0.25) is 4.40 Å². The van der Waals surface area contributed by atoms with Gasteiger partial charge in [-0.1, -0.05) is 23.2 Å². The van der Waals surface area contributed by atoms with Crippen molar-refractivity contribution in [3.8, 4) is 17.0 Å². The van der Waals surface area contributed by atoms with Crippen LogP contribution in [0.1, 0.15) is 5.56 Å². The largest absolute Gasteiger partial charge is 0.493 e. The Morgan fingerprint density at radius 2 is 2.10 bits per heavy atom. The highest BCUT2D eigenvalue weighted by Crippen LogP contribution is 2.34. The van der Waals surface area contributed by atoms with Gasteiger partial charge in [-0.2, -0.15) is 0 Å². The molecule has 0 amide bonds.